The highest BCUT2D eigenvalue weighted by Crippen LogP contribution is 2.24. The average molecular weight is 325 g/mol. The molecule has 0 aliphatic rings. The van der Waals surface area contributed by atoms with E-state index in [4.69, 9.17) is 17.3 Å². The minimum absolute atomic E-state index is 0.282. The van der Waals surface area contributed by atoms with Crippen molar-refractivity contribution in [2.75, 3.05) is 11.1 Å². The topological polar surface area (TPSA) is 80.9 Å². The van der Waals surface area contributed by atoms with Crippen LogP contribution in [0.25, 0.3) is 11.3 Å². The molecule has 23 heavy (non-hydrogen) atoms. The quantitative estimate of drug-likeness (QED) is 0.721. The summed E-state index contributed by atoms with van der Waals surface area (Å²) in [6.07, 6.45) is 3.22. The number of carbonyl (C=O) groups is 1. The summed E-state index contributed by atoms with van der Waals surface area (Å²) in [5.41, 5.74) is 8.50. The van der Waals surface area contributed by atoms with Gasteiger partial charge >= 0.3 is 0 Å². The molecule has 0 atom stereocenters. The number of aromatic nitrogens is 2. The summed E-state index contributed by atoms with van der Waals surface area (Å²) in [6, 6.07) is 13.9. The Labute approximate surface area is 138 Å². The van der Waals surface area contributed by atoms with Gasteiger partial charge in [-0.1, -0.05) is 23.7 Å². The molecule has 2 aromatic heterocycles. The van der Waals surface area contributed by atoms with Gasteiger partial charge < -0.3 is 11.1 Å². The Morgan fingerprint density at radius 2 is 1.87 bits per heavy atom. The predicted molar refractivity (Wildman–Crippen MR) is 91.3 cm³/mol. The largest absolute Gasteiger partial charge is 0.397 e. The molecule has 3 aromatic rings. The Kier molecular flexibility index (Phi) is 4.21. The van der Waals surface area contributed by atoms with Gasteiger partial charge in [-0.3, -0.25) is 14.8 Å². The van der Waals surface area contributed by atoms with Gasteiger partial charge in [0.15, 0.2) is 0 Å². The summed E-state index contributed by atoms with van der Waals surface area (Å²) in [5.74, 6) is -0.332. The number of amides is 1. The molecule has 1 aromatic carbocycles. The number of halogens is 1. The molecule has 3 N–H and O–H groups in total. The van der Waals surface area contributed by atoms with Gasteiger partial charge in [0, 0.05) is 18.0 Å². The number of carbonyl (C=O) groups excluding carboxylic acids is 1. The molecular formula is C17H13ClN4O. The maximum atomic E-state index is 12.2. The van der Waals surface area contributed by atoms with Crippen LogP contribution in [-0.4, -0.2) is 15.9 Å². The van der Waals surface area contributed by atoms with E-state index in [9.17, 15) is 4.79 Å². The van der Waals surface area contributed by atoms with Gasteiger partial charge in [0.1, 0.15) is 5.69 Å². The number of nitrogens with zero attached hydrogens (tertiary/aromatic N) is 2. The summed E-state index contributed by atoms with van der Waals surface area (Å²) in [4.78, 5) is 20.6. The summed E-state index contributed by atoms with van der Waals surface area (Å²) in [5, 5.41) is 3.26. The standard InChI is InChI=1S/C17H13ClN4O/c18-12-4-3-9-20-16(12)11-7-8-15(21-10-11)17(23)22-14-6-2-1-5-13(14)19/h1-10H,19H2,(H,22,23). The SMILES string of the molecule is Nc1ccccc1NC(=O)c1ccc(-c2ncccc2Cl)cn1. The fourth-order valence-corrected chi connectivity index (χ4v) is 2.29. The van der Waals surface area contributed by atoms with Crippen LogP contribution in [0.4, 0.5) is 11.4 Å². The fourth-order valence-electron chi connectivity index (χ4n) is 2.06. The molecule has 5 nitrogen and oxygen atoms in total. The van der Waals surface area contributed by atoms with Gasteiger partial charge in [0.2, 0.25) is 0 Å². The number of para-hydroxylation sites is 2. The highest BCUT2D eigenvalue weighted by Gasteiger charge is 2.11. The van der Waals surface area contributed by atoms with Crippen LogP contribution < -0.4 is 11.1 Å². The summed E-state index contributed by atoms with van der Waals surface area (Å²) >= 11 is 6.10. The molecule has 0 aliphatic heterocycles. The van der Waals surface area contributed by atoms with Gasteiger partial charge in [-0.25, -0.2) is 0 Å². The first-order valence-corrected chi connectivity index (χ1v) is 7.26. The molecule has 1 amide bonds. The minimum atomic E-state index is -0.332. The second-order valence-corrected chi connectivity index (χ2v) is 5.21. The van der Waals surface area contributed by atoms with E-state index in [0.29, 0.717) is 22.1 Å². The Bertz CT molecular complexity index is 849. The minimum Gasteiger partial charge on any atom is -0.397 e. The second kappa shape index (κ2) is 6.46. The van der Waals surface area contributed by atoms with Crippen molar-refractivity contribution in [3.05, 3.63) is 71.6 Å². The van der Waals surface area contributed by atoms with Crippen molar-refractivity contribution in [1.82, 2.24) is 9.97 Å². The number of anilines is 2. The number of nitrogens with one attached hydrogen (secondary N) is 1. The molecule has 3 rings (SSSR count). The van der Waals surface area contributed by atoms with Crippen LogP contribution in [0.1, 0.15) is 10.5 Å². The third kappa shape index (κ3) is 3.30. The number of nitrogens with two attached hydrogens (primary N) is 1. The maximum absolute atomic E-state index is 12.2. The van der Waals surface area contributed by atoms with Crippen molar-refractivity contribution in [3.63, 3.8) is 0 Å². The van der Waals surface area contributed by atoms with Crippen molar-refractivity contribution < 1.29 is 4.79 Å². The molecule has 2 heterocycles. The Morgan fingerprint density at radius 1 is 1.04 bits per heavy atom. The van der Waals surface area contributed by atoms with Crippen LogP contribution in [0.5, 0.6) is 0 Å². The van der Waals surface area contributed by atoms with Crippen LogP contribution in [0, 0.1) is 0 Å². The van der Waals surface area contributed by atoms with E-state index >= 15 is 0 Å². The molecule has 6 heteroatoms. The van der Waals surface area contributed by atoms with E-state index in [1.807, 2.05) is 0 Å². The molecule has 114 valence electrons. The van der Waals surface area contributed by atoms with E-state index in [1.165, 1.54) is 0 Å². The van der Waals surface area contributed by atoms with Gasteiger partial charge in [-0.15, -0.1) is 0 Å². The smallest absolute Gasteiger partial charge is 0.274 e. The van der Waals surface area contributed by atoms with Crippen molar-refractivity contribution in [3.8, 4) is 11.3 Å². The number of pyridine rings is 2. The Hall–Kier alpha value is -2.92. The Morgan fingerprint density at radius 3 is 2.57 bits per heavy atom. The zero-order valence-electron chi connectivity index (χ0n) is 12.0. The molecule has 0 saturated carbocycles. The van der Waals surface area contributed by atoms with Gasteiger partial charge in [-0.05, 0) is 36.4 Å². The summed E-state index contributed by atoms with van der Waals surface area (Å²) < 4.78 is 0. The van der Waals surface area contributed by atoms with Gasteiger partial charge in [-0.2, -0.15) is 0 Å². The first-order chi connectivity index (χ1) is 11.1. The van der Waals surface area contributed by atoms with Crippen molar-refractivity contribution in [2.24, 2.45) is 0 Å². The van der Waals surface area contributed by atoms with Crippen LogP contribution in [0.15, 0.2) is 60.9 Å². The Balaban J connectivity index is 1.81. The maximum Gasteiger partial charge on any atom is 0.274 e. The number of rotatable bonds is 3. The summed E-state index contributed by atoms with van der Waals surface area (Å²) in [7, 11) is 0. The van der Waals surface area contributed by atoms with Gasteiger partial charge in [0.25, 0.3) is 5.91 Å². The van der Waals surface area contributed by atoms with E-state index < -0.39 is 0 Å². The van der Waals surface area contributed by atoms with E-state index in [1.54, 1.807) is 60.9 Å². The number of hydrogen-bond acceptors (Lipinski definition) is 4. The zero-order chi connectivity index (χ0) is 16.2. The van der Waals surface area contributed by atoms with Crippen molar-refractivity contribution >= 4 is 28.9 Å². The highest BCUT2D eigenvalue weighted by molar-refractivity contribution is 6.33. The number of benzene rings is 1. The first kappa shape index (κ1) is 15.0. The third-order valence-corrected chi connectivity index (χ3v) is 3.54. The number of hydrogen-bond donors (Lipinski definition) is 2. The molecule has 0 aliphatic carbocycles. The molecular weight excluding hydrogens is 312 g/mol. The summed E-state index contributed by atoms with van der Waals surface area (Å²) in [6.45, 7) is 0. The lowest BCUT2D eigenvalue weighted by Gasteiger charge is -2.08. The van der Waals surface area contributed by atoms with E-state index in [-0.39, 0.29) is 11.6 Å². The molecule has 0 spiro atoms. The van der Waals surface area contributed by atoms with Crippen molar-refractivity contribution in [1.29, 1.82) is 0 Å². The normalized spacial score (nSPS) is 10.3. The lowest BCUT2D eigenvalue weighted by molar-refractivity contribution is 0.102. The van der Waals surface area contributed by atoms with Crippen LogP contribution >= 0.6 is 11.6 Å². The van der Waals surface area contributed by atoms with Crippen molar-refractivity contribution in [2.45, 2.75) is 0 Å². The molecule has 0 fully saturated rings. The van der Waals surface area contributed by atoms with Crippen LogP contribution in [0.3, 0.4) is 0 Å². The highest BCUT2D eigenvalue weighted by atomic mass is 35.5. The van der Waals surface area contributed by atoms with Gasteiger partial charge in [0.05, 0.1) is 22.1 Å². The monoisotopic (exact) mass is 324 g/mol. The van der Waals surface area contributed by atoms with E-state index in [2.05, 4.69) is 15.3 Å². The van der Waals surface area contributed by atoms with E-state index in [0.717, 1.165) is 5.56 Å². The lowest BCUT2D eigenvalue weighted by atomic mass is 10.1. The molecule has 0 unspecified atom stereocenters. The van der Waals surface area contributed by atoms with Crippen LogP contribution in [-0.2, 0) is 0 Å². The number of nitrogen functional groups attached to an aromatic ring is 1. The third-order valence-electron chi connectivity index (χ3n) is 3.24. The predicted octanol–water partition coefficient (Wildman–Crippen LogP) is 3.63. The fraction of sp³-hybridized carbons (Fsp3) is 0. The molecule has 0 saturated heterocycles. The van der Waals surface area contributed by atoms with Crippen LogP contribution in [0.2, 0.25) is 5.02 Å². The zero-order valence-corrected chi connectivity index (χ0v) is 12.8. The molecule has 0 bridgehead atoms. The molecule has 0 radical (unpaired) electrons. The lowest BCUT2D eigenvalue weighted by Crippen LogP contribution is -2.14. The second-order valence-electron chi connectivity index (χ2n) is 4.81. The average Bonchev–Trinajstić information content (AvgIpc) is 2.57. The first-order valence-electron chi connectivity index (χ1n) is 6.88.